The van der Waals surface area contributed by atoms with Gasteiger partial charge in [-0.1, -0.05) is 6.58 Å². The van der Waals surface area contributed by atoms with Crippen LogP contribution < -0.4 is 31.2 Å². The molecule has 0 radical (unpaired) electrons. The topological polar surface area (TPSA) is 153 Å². The van der Waals surface area contributed by atoms with Gasteiger partial charge in [0, 0.05) is 31.1 Å². The van der Waals surface area contributed by atoms with Gasteiger partial charge in [-0.15, -0.1) is 0 Å². The number of ether oxygens (including phenoxy) is 2. The van der Waals surface area contributed by atoms with Crippen molar-refractivity contribution in [3.8, 4) is 11.6 Å². The fourth-order valence-electron chi connectivity index (χ4n) is 3.04. The van der Waals surface area contributed by atoms with E-state index in [4.69, 9.17) is 15.2 Å². The number of hydrogen-bond donors (Lipinski definition) is 4. The van der Waals surface area contributed by atoms with Crippen LogP contribution in [0.25, 0.3) is 0 Å². The van der Waals surface area contributed by atoms with E-state index in [0.29, 0.717) is 23.7 Å². The van der Waals surface area contributed by atoms with Crippen LogP contribution in [-0.2, 0) is 15.8 Å². The molecule has 11 nitrogen and oxygen atoms in total. The van der Waals surface area contributed by atoms with E-state index in [0.717, 1.165) is 6.08 Å². The fraction of sp³-hybridized carbons (Fsp3) is 0.208. The van der Waals surface area contributed by atoms with Crippen molar-refractivity contribution in [2.24, 2.45) is 5.73 Å². The van der Waals surface area contributed by atoms with E-state index in [1.165, 1.54) is 31.5 Å². The number of aryl methyl sites for hydroxylation is 1. The fourth-order valence-corrected chi connectivity index (χ4v) is 3.04. The van der Waals surface area contributed by atoms with Gasteiger partial charge in [0.05, 0.1) is 24.2 Å². The Labute approximate surface area is 215 Å². The lowest BCUT2D eigenvalue weighted by molar-refractivity contribution is -0.137. The Balaban J connectivity index is 2.03. The largest absolute Gasteiger partial charge is 0.482 e. The second-order valence-corrected chi connectivity index (χ2v) is 7.67. The smallest absolute Gasteiger partial charge is 0.421 e. The first-order valence-corrected chi connectivity index (χ1v) is 11.0. The normalized spacial score (nSPS) is 11.7. The number of aldehydes is 1. The molecule has 1 atom stereocenters. The summed E-state index contributed by atoms with van der Waals surface area (Å²) in [4.78, 5) is 34.9. The summed E-state index contributed by atoms with van der Waals surface area (Å²) in [5.74, 6) is -0.964. The molecular weight excluding hydrogens is 507 g/mol. The lowest BCUT2D eigenvalue weighted by Crippen LogP contribution is -2.28. The molecule has 0 saturated carbocycles. The van der Waals surface area contributed by atoms with E-state index in [2.05, 4.69) is 37.5 Å². The van der Waals surface area contributed by atoms with Gasteiger partial charge in [0.25, 0.3) is 0 Å². The van der Waals surface area contributed by atoms with Crippen molar-refractivity contribution in [1.82, 2.24) is 15.0 Å². The monoisotopic (exact) mass is 531 g/mol. The highest BCUT2D eigenvalue weighted by molar-refractivity contribution is 6.01. The van der Waals surface area contributed by atoms with Crippen molar-refractivity contribution in [2.45, 2.75) is 19.2 Å². The van der Waals surface area contributed by atoms with Gasteiger partial charge in [0.2, 0.25) is 17.7 Å². The summed E-state index contributed by atoms with van der Waals surface area (Å²) in [6.45, 7) is 4.99. The van der Waals surface area contributed by atoms with E-state index in [9.17, 15) is 22.8 Å². The van der Waals surface area contributed by atoms with Crippen LogP contribution in [-0.4, -0.2) is 46.9 Å². The van der Waals surface area contributed by atoms with Crippen LogP contribution in [0, 0.1) is 6.92 Å². The van der Waals surface area contributed by atoms with Gasteiger partial charge in [-0.2, -0.15) is 18.2 Å². The van der Waals surface area contributed by atoms with E-state index in [1.54, 1.807) is 13.0 Å². The summed E-state index contributed by atoms with van der Waals surface area (Å²) in [6, 6.07) is 5.59. The Morgan fingerprint density at radius 1 is 1.16 bits per heavy atom. The molecule has 0 aliphatic rings. The third-order valence-corrected chi connectivity index (χ3v) is 4.99. The minimum atomic E-state index is -4.80. The predicted molar refractivity (Wildman–Crippen MR) is 134 cm³/mol. The molecule has 38 heavy (non-hydrogen) atoms. The van der Waals surface area contributed by atoms with Crippen LogP contribution in [0.1, 0.15) is 11.1 Å². The van der Waals surface area contributed by atoms with Gasteiger partial charge < -0.3 is 31.2 Å². The van der Waals surface area contributed by atoms with Crippen LogP contribution in [0.5, 0.6) is 11.6 Å². The number of nitrogens with zero attached hydrogens (tertiary/aromatic N) is 3. The number of halogens is 3. The number of rotatable bonds is 11. The molecule has 0 aliphatic carbocycles. The highest BCUT2D eigenvalue weighted by Gasteiger charge is 2.35. The van der Waals surface area contributed by atoms with Crippen molar-refractivity contribution in [1.29, 1.82) is 0 Å². The van der Waals surface area contributed by atoms with Crippen molar-refractivity contribution >= 4 is 41.0 Å². The van der Waals surface area contributed by atoms with Crippen molar-refractivity contribution in [2.75, 3.05) is 29.6 Å². The summed E-state index contributed by atoms with van der Waals surface area (Å²) < 4.78 is 52.0. The standard InChI is InChI=1S/C24H24F3N7O4/c1-4-20(36)31-19-7-14(38-15(9-28)12-35)5-6-17(19)32-22-16(24(25,26)27)11-30-23(34-22)33-18-8-21(37-3)29-10-13(18)2/h4-8,10-12,15H,1,9,28H2,2-3H3,(H,31,36)(H2,29,30,32,33,34)/t15-/m1/s1. The zero-order valence-corrected chi connectivity index (χ0v) is 20.3. The van der Waals surface area contributed by atoms with Gasteiger partial charge in [-0.3, -0.25) is 9.59 Å². The van der Waals surface area contributed by atoms with E-state index in [1.807, 2.05) is 0 Å². The van der Waals surface area contributed by atoms with Gasteiger partial charge in [0.15, 0.2) is 12.4 Å². The molecule has 5 N–H and O–H groups in total. The predicted octanol–water partition coefficient (Wildman–Crippen LogP) is 3.72. The molecule has 0 aliphatic heterocycles. The summed E-state index contributed by atoms with van der Waals surface area (Å²) >= 11 is 0. The maximum atomic E-state index is 13.8. The molecule has 1 aromatic carbocycles. The van der Waals surface area contributed by atoms with Crippen LogP contribution >= 0.6 is 0 Å². The zero-order valence-electron chi connectivity index (χ0n) is 20.3. The van der Waals surface area contributed by atoms with Crippen LogP contribution in [0.3, 0.4) is 0 Å². The summed E-state index contributed by atoms with van der Waals surface area (Å²) in [5.41, 5.74) is 5.52. The Morgan fingerprint density at radius 3 is 2.55 bits per heavy atom. The Kier molecular flexibility index (Phi) is 8.81. The van der Waals surface area contributed by atoms with E-state index >= 15 is 0 Å². The third kappa shape index (κ3) is 6.94. The molecule has 0 saturated heterocycles. The highest BCUT2D eigenvalue weighted by atomic mass is 19.4. The average molecular weight is 531 g/mol. The molecule has 14 heteroatoms. The molecule has 1 amide bonds. The second kappa shape index (κ2) is 12.0. The maximum absolute atomic E-state index is 13.8. The number of amides is 1. The molecule has 0 bridgehead atoms. The first-order valence-electron chi connectivity index (χ1n) is 11.0. The molecule has 0 unspecified atom stereocenters. The number of methoxy groups -OCH3 is 1. The molecule has 3 aromatic rings. The minimum Gasteiger partial charge on any atom is -0.482 e. The molecule has 2 heterocycles. The first kappa shape index (κ1) is 27.9. The van der Waals surface area contributed by atoms with Crippen LogP contribution in [0.15, 0.2) is 49.3 Å². The number of pyridine rings is 1. The van der Waals surface area contributed by atoms with E-state index in [-0.39, 0.29) is 35.5 Å². The molecular formula is C24H24F3N7O4. The number of nitrogens with two attached hydrogens (primary N) is 1. The number of nitrogens with one attached hydrogen (secondary N) is 3. The summed E-state index contributed by atoms with van der Waals surface area (Å²) in [5, 5.41) is 7.94. The zero-order chi connectivity index (χ0) is 27.9. The van der Waals surface area contributed by atoms with Crippen LogP contribution in [0.2, 0.25) is 0 Å². The lowest BCUT2D eigenvalue weighted by atomic mass is 10.2. The number of aromatic nitrogens is 3. The molecule has 3 rings (SSSR count). The number of hydrogen-bond acceptors (Lipinski definition) is 10. The number of benzene rings is 1. The third-order valence-electron chi connectivity index (χ3n) is 4.99. The minimum absolute atomic E-state index is 0.0324. The van der Waals surface area contributed by atoms with Gasteiger partial charge in [0.1, 0.15) is 17.1 Å². The van der Waals surface area contributed by atoms with Crippen molar-refractivity contribution < 1.29 is 32.2 Å². The molecule has 0 fully saturated rings. The average Bonchev–Trinajstić information content (AvgIpc) is 2.89. The Hall–Kier alpha value is -4.72. The Morgan fingerprint density at radius 2 is 1.92 bits per heavy atom. The Bertz CT molecular complexity index is 1330. The molecule has 2 aromatic heterocycles. The molecule has 200 valence electrons. The number of anilines is 5. The van der Waals surface area contributed by atoms with Crippen molar-refractivity contribution in [3.63, 3.8) is 0 Å². The lowest BCUT2D eigenvalue weighted by Gasteiger charge is -2.19. The first-order chi connectivity index (χ1) is 18.1. The number of carbonyl (C=O) groups excluding carboxylic acids is 2. The van der Waals surface area contributed by atoms with Crippen LogP contribution in [0.4, 0.5) is 42.0 Å². The van der Waals surface area contributed by atoms with E-state index < -0.39 is 29.6 Å². The maximum Gasteiger partial charge on any atom is 0.421 e. The summed E-state index contributed by atoms with van der Waals surface area (Å²) in [6.07, 6.45) is -2.14. The second-order valence-electron chi connectivity index (χ2n) is 7.67. The number of carbonyl (C=O) groups is 2. The van der Waals surface area contributed by atoms with Gasteiger partial charge in [-0.25, -0.2) is 9.97 Å². The number of alkyl halides is 3. The highest BCUT2D eigenvalue weighted by Crippen LogP contribution is 2.37. The quantitative estimate of drug-likeness (QED) is 0.213. The van der Waals surface area contributed by atoms with Gasteiger partial charge in [-0.05, 0) is 30.7 Å². The summed E-state index contributed by atoms with van der Waals surface area (Å²) in [7, 11) is 1.42. The molecule has 0 spiro atoms. The van der Waals surface area contributed by atoms with Crippen molar-refractivity contribution in [3.05, 3.63) is 60.4 Å². The van der Waals surface area contributed by atoms with Gasteiger partial charge >= 0.3 is 6.18 Å². The SMILES string of the molecule is C=CC(=O)Nc1cc(O[C@@H](C=O)CN)ccc1Nc1nc(Nc2cc(OC)ncc2C)ncc1C(F)(F)F.